The van der Waals surface area contributed by atoms with Crippen LogP contribution >= 0.6 is 22.6 Å². The average molecular weight is 499 g/mol. The molecule has 1 aliphatic carbocycles. The first kappa shape index (κ1) is 20.3. The molecule has 1 unspecified atom stereocenters. The van der Waals surface area contributed by atoms with Crippen molar-refractivity contribution in [2.75, 3.05) is 0 Å². The number of aliphatic carboxylic acids is 1. The molecule has 0 aromatic heterocycles. The standard InChI is InChI=1S/C20H22INO4S/c1-13-2-3-14-12-16(6-9-19(14)18(13)10-11-20(23)24)22-27(25,26)17-7-4-15(21)5-8-17/h2-5,7-8,16,22H,6,9-12H2,1H3,(H,23,24). The van der Waals surface area contributed by atoms with Crippen LogP contribution in [0.25, 0.3) is 0 Å². The quantitative estimate of drug-likeness (QED) is 0.597. The van der Waals surface area contributed by atoms with Crippen LogP contribution in [-0.2, 0) is 34.1 Å². The summed E-state index contributed by atoms with van der Waals surface area (Å²) in [7, 11) is -3.55. The van der Waals surface area contributed by atoms with E-state index in [1.807, 2.05) is 19.1 Å². The Balaban J connectivity index is 1.77. The van der Waals surface area contributed by atoms with Crippen LogP contribution < -0.4 is 4.72 Å². The Morgan fingerprint density at radius 3 is 2.59 bits per heavy atom. The van der Waals surface area contributed by atoms with Crippen LogP contribution in [0.3, 0.4) is 0 Å². The summed E-state index contributed by atoms with van der Waals surface area (Å²) in [6, 6.07) is 10.7. The predicted octanol–water partition coefficient (Wildman–Crippen LogP) is 3.45. The fourth-order valence-corrected chi connectivity index (χ4v) is 5.26. The largest absolute Gasteiger partial charge is 0.481 e. The molecule has 144 valence electrons. The summed E-state index contributed by atoms with van der Waals surface area (Å²) in [5.74, 6) is -0.800. The van der Waals surface area contributed by atoms with Gasteiger partial charge in [-0.2, -0.15) is 0 Å². The summed E-state index contributed by atoms with van der Waals surface area (Å²) in [4.78, 5) is 11.2. The molecule has 0 saturated heterocycles. The lowest BCUT2D eigenvalue weighted by Crippen LogP contribution is -2.39. The van der Waals surface area contributed by atoms with Gasteiger partial charge in [0.1, 0.15) is 0 Å². The summed E-state index contributed by atoms with van der Waals surface area (Å²) in [6.45, 7) is 2.00. The monoisotopic (exact) mass is 499 g/mol. The number of carboxylic acid groups (broad SMARTS) is 1. The molecule has 7 heteroatoms. The molecule has 0 amide bonds. The highest BCUT2D eigenvalue weighted by Crippen LogP contribution is 2.29. The number of aryl methyl sites for hydroxylation is 1. The summed E-state index contributed by atoms with van der Waals surface area (Å²) >= 11 is 2.14. The zero-order valence-electron chi connectivity index (χ0n) is 15.0. The van der Waals surface area contributed by atoms with Crippen molar-refractivity contribution in [1.29, 1.82) is 0 Å². The number of sulfonamides is 1. The van der Waals surface area contributed by atoms with Crippen molar-refractivity contribution in [2.45, 2.75) is 50.0 Å². The van der Waals surface area contributed by atoms with Crippen LogP contribution in [0.2, 0.25) is 0 Å². The highest BCUT2D eigenvalue weighted by Gasteiger charge is 2.26. The SMILES string of the molecule is Cc1ccc2c(c1CCC(=O)O)CCC(NS(=O)(=O)c1ccc(I)cc1)C2. The predicted molar refractivity (Wildman–Crippen MR) is 112 cm³/mol. The third-order valence-electron chi connectivity index (χ3n) is 5.01. The van der Waals surface area contributed by atoms with E-state index in [1.165, 1.54) is 5.56 Å². The topological polar surface area (TPSA) is 83.5 Å². The van der Waals surface area contributed by atoms with Crippen molar-refractivity contribution < 1.29 is 18.3 Å². The van der Waals surface area contributed by atoms with Crippen LogP contribution in [0.15, 0.2) is 41.3 Å². The van der Waals surface area contributed by atoms with Gasteiger partial charge in [-0.15, -0.1) is 0 Å². The Morgan fingerprint density at radius 1 is 1.22 bits per heavy atom. The number of hydrogen-bond donors (Lipinski definition) is 2. The summed E-state index contributed by atoms with van der Waals surface area (Å²) in [5, 5.41) is 8.99. The normalized spacial score (nSPS) is 16.7. The van der Waals surface area contributed by atoms with Crippen molar-refractivity contribution in [1.82, 2.24) is 4.72 Å². The molecule has 1 aliphatic rings. The fraction of sp³-hybridized carbons (Fsp3) is 0.350. The Kier molecular flexibility index (Phi) is 6.22. The van der Waals surface area contributed by atoms with Gasteiger partial charge in [-0.3, -0.25) is 4.79 Å². The average Bonchev–Trinajstić information content (AvgIpc) is 2.61. The first-order chi connectivity index (χ1) is 12.8. The lowest BCUT2D eigenvalue weighted by Gasteiger charge is -2.28. The molecule has 0 fully saturated rings. The Bertz CT molecular complexity index is 955. The lowest BCUT2D eigenvalue weighted by molar-refractivity contribution is -0.136. The molecule has 0 saturated carbocycles. The summed E-state index contributed by atoms with van der Waals surface area (Å²) in [6.07, 6.45) is 2.72. The van der Waals surface area contributed by atoms with Gasteiger partial charge in [-0.05, 0) is 102 Å². The minimum atomic E-state index is -3.55. The molecule has 1 atom stereocenters. The molecule has 2 N–H and O–H groups in total. The third-order valence-corrected chi connectivity index (χ3v) is 7.26. The number of benzene rings is 2. The van der Waals surface area contributed by atoms with Crippen molar-refractivity contribution in [3.05, 3.63) is 62.2 Å². The Labute approximate surface area is 173 Å². The number of fused-ring (bicyclic) bond motifs is 1. The smallest absolute Gasteiger partial charge is 0.303 e. The molecule has 0 radical (unpaired) electrons. The van der Waals surface area contributed by atoms with Gasteiger partial charge in [-0.1, -0.05) is 12.1 Å². The van der Waals surface area contributed by atoms with Gasteiger partial charge in [-0.25, -0.2) is 13.1 Å². The van der Waals surface area contributed by atoms with Gasteiger partial charge in [0.2, 0.25) is 10.0 Å². The molecule has 27 heavy (non-hydrogen) atoms. The van der Waals surface area contributed by atoms with Crippen LogP contribution in [0, 0.1) is 10.5 Å². The van der Waals surface area contributed by atoms with Crippen LogP contribution in [0.5, 0.6) is 0 Å². The van der Waals surface area contributed by atoms with Gasteiger partial charge in [0.25, 0.3) is 0 Å². The number of hydrogen-bond acceptors (Lipinski definition) is 3. The van der Waals surface area contributed by atoms with Crippen LogP contribution in [-0.4, -0.2) is 25.5 Å². The number of carboxylic acids is 1. The Morgan fingerprint density at radius 2 is 1.93 bits per heavy atom. The minimum Gasteiger partial charge on any atom is -0.481 e. The summed E-state index contributed by atoms with van der Waals surface area (Å²) < 4.78 is 29.1. The molecule has 2 aromatic rings. The van der Waals surface area contributed by atoms with Gasteiger partial charge >= 0.3 is 5.97 Å². The second kappa shape index (κ2) is 8.28. The van der Waals surface area contributed by atoms with E-state index in [2.05, 4.69) is 27.3 Å². The molecule has 0 bridgehead atoms. The molecule has 5 nitrogen and oxygen atoms in total. The van der Waals surface area contributed by atoms with E-state index >= 15 is 0 Å². The fourth-order valence-electron chi connectivity index (χ4n) is 3.63. The maximum Gasteiger partial charge on any atom is 0.303 e. The first-order valence-corrected chi connectivity index (χ1v) is 11.4. The number of nitrogens with one attached hydrogen (secondary N) is 1. The number of carbonyl (C=O) groups is 1. The van der Waals surface area contributed by atoms with Gasteiger partial charge < -0.3 is 5.11 Å². The molecule has 0 heterocycles. The Hall–Kier alpha value is -1.45. The second-order valence-corrected chi connectivity index (χ2v) is 9.87. The number of halogens is 1. The lowest BCUT2D eigenvalue weighted by atomic mass is 9.83. The van der Waals surface area contributed by atoms with E-state index in [0.717, 1.165) is 26.7 Å². The van der Waals surface area contributed by atoms with Crippen molar-refractivity contribution in [2.24, 2.45) is 0 Å². The zero-order chi connectivity index (χ0) is 19.6. The molecular formula is C20H22INO4S. The van der Waals surface area contributed by atoms with E-state index in [1.54, 1.807) is 24.3 Å². The molecular weight excluding hydrogens is 477 g/mol. The van der Waals surface area contributed by atoms with E-state index in [9.17, 15) is 13.2 Å². The number of rotatable bonds is 6. The highest BCUT2D eigenvalue weighted by atomic mass is 127. The van der Waals surface area contributed by atoms with Gasteiger partial charge in [0, 0.05) is 16.0 Å². The van der Waals surface area contributed by atoms with Crippen LogP contribution in [0.1, 0.15) is 35.1 Å². The van der Waals surface area contributed by atoms with E-state index in [0.29, 0.717) is 19.3 Å². The molecule has 3 rings (SSSR count). The van der Waals surface area contributed by atoms with Crippen molar-refractivity contribution in [3.8, 4) is 0 Å². The van der Waals surface area contributed by atoms with Crippen LogP contribution in [0.4, 0.5) is 0 Å². The van der Waals surface area contributed by atoms with E-state index < -0.39 is 16.0 Å². The van der Waals surface area contributed by atoms with E-state index in [-0.39, 0.29) is 17.4 Å². The maximum atomic E-state index is 12.6. The second-order valence-electron chi connectivity index (χ2n) is 6.91. The van der Waals surface area contributed by atoms with Crippen molar-refractivity contribution >= 4 is 38.6 Å². The van der Waals surface area contributed by atoms with E-state index in [4.69, 9.17) is 5.11 Å². The molecule has 2 aromatic carbocycles. The first-order valence-electron chi connectivity index (χ1n) is 8.86. The van der Waals surface area contributed by atoms with Gasteiger partial charge in [0.15, 0.2) is 0 Å². The molecule has 0 aliphatic heterocycles. The molecule has 0 spiro atoms. The zero-order valence-corrected chi connectivity index (χ0v) is 18.0. The minimum absolute atomic E-state index is 0.111. The third kappa shape index (κ3) is 4.89. The highest BCUT2D eigenvalue weighted by molar-refractivity contribution is 14.1. The van der Waals surface area contributed by atoms with Gasteiger partial charge in [0.05, 0.1) is 4.90 Å². The maximum absolute atomic E-state index is 12.6. The summed E-state index contributed by atoms with van der Waals surface area (Å²) in [5.41, 5.74) is 4.52. The van der Waals surface area contributed by atoms with Crippen molar-refractivity contribution in [3.63, 3.8) is 0 Å².